The highest BCUT2D eigenvalue weighted by Gasteiger charge is 2.30. The van der Waals surface area contributed by atoms with Crippen LogP contribution in [0.25, 0.3) is 0 Å². The van der Waals surface area contributed by atoms with Crippen LogP contribution in [-0.4, -0.2) is 35.9 Å². The fourth-order valence-corrected chi connectivity index (χ4v) is 4.20. The van der Waals surface area contributed by atoms with Gasteiger partial charge in [0.05, 0.1) is 0 Å². The summed E-state index contributed by atoms with van der Waals surface area (Å²) in [6.45, 7) is 6.36. The predicted molar refractivity (Wildman–Crippen MR) is 144 cm³/mol. The van der Waals surface area contributed by atoms with E-state index in [1.54, 1.807) is 17.0 Å². The molecule has 0 heterocycles. The van der Waals surface area contributed by atoms with Gasteiger partial charge in [0.25, 0.3) is 5.91 Å². The number of ether oxygens (including phenoxy) is 1. The van der Waals surface area contributed by atoms with Crippen LogP contribution in [0.4, 0.5) is 0 Å². The summed E-state index contributed by atoms with van der Waals surface area (Å²) in [7, 11) is 0. The lowest BCUT2D eigenvalue weighted by molar-refractivity contribution is -0.142. The van der Waals surface area contributed by atoms with Crippen molar-refractivity contribution in [2.24, 2.45) is 0 Å². The average molecular weight is 558 g/mol. The number of carbonyl (C=O) groups excluding carboxylic acids is 2. The van der Waals surface area contributed by atoms with Crippen molar-refractivity contribution >= 4 is 39.3 Å². The molecule has 5 nitrogen and oxygen atoms in total. The highest BCUT2D eigenvalue weighted by atomic mass is 79.9. The summed E-state index contributed by atoms with van der Waals surface area (Å²) < 4.78 is 6.91. The van der Waals surface area contributed by atoms with Crippen LogP contribution >= 0.6 is 27.5 Å². The molecule has 0 bridgehead atoms. The molecule has 0 aliphatic rings. The van der Waals surface area contributed by atoms with Gasteiger partial charge in [-0.15, -0.1) is 0 Å². The molecule has 184 valence electrons. The van der Waals surface area contributed by atoms with E-state index in [2.05, 4.69) is 21.2 Å². The van der Waals surface area contributed by atoms with E-state index < -0.39 is 6.04 Å². The molecule has 0 unspecified atom stereocenters. The summed E-state index contributed by atoms with van der Waals surface area (Å²) in [5.41, 5.74) is 3.89. The van der Waals surface area contributed by atoms with E-state index in [9.17, 15) is 9.59 Å². The second kappa shape index (κ2) is 12.8. The molecule has 1 atom stereocenters. The Bertz CT molecular complexity index is 1130. The van der Waals surface area contributed by atoms with Crippen molar-refractivity contribution in [3.8, 4) is 5.75 Å². The van der Waals surface area contributed by atoms with Crippen LogP contribution in [-0.2, 0) is 22.6 Å². The molecule has 7 heteroatoms. The zero-order valence-corrected chi connectivity index (χ0v) is 22.5. The third-order valence-electron chi connectivity index (χ3n) is 5.66. The van der Waals surface area contributed by atoms with Gasteiger partial charge in [0.2, 0.25) is 5.91 Å². The Morgan fingerprint density at radius 2 is 1.63 bits per heavy atom. The topological polar surface area (TPSA) is 58.6 Å². The van der Waals surface area contributed by atoms with Gasteiger partial charge >= 0.3 is 0 Å². The second-order valence-electron chi connectivity index (χ2n) is 8.41. The molecule has 0 aliphatic carbocycles. The third-order valence-corrected chi connectivity index (χ3v) is 7.16. The fraction of sp³-hybridized carbons (Fsp3) is 0.286. The molecule has 0 aromatic heterocycles. The van der Waals surface area contributed by atoms with Crippen LogP contribution in [0.5, 0.6) is 5.75 Å². The van der Waals surface area contributed by atoms with E-state index in [0.29, 0.717) is 23.7 Å². The minimum absolute atomic E-state index is 0.182. The molecule has 0 fully saturated rings. The van der Waals surface area contributed by atoms with Gasteiger partial charge in [-0.05, 0) is 67.3 Å². The highest BCUT2D eigenvalue weighted by molar-refractivity contribution is 9.10. The second-order valence-corrected chi connectivity index (χ2v) is 9.64. The first-order valence-electron chi connectivity index (χ1n) is 11.5. The van der Waals surface area contributed by atoms with Crippen LogP contribution in [0, 0.1) is 13.8 Å². The molecule has 0 radical (unpaired) electrons. The molecule has 1 N–H and O–H groups in total. The number of hydrogen-bond donors (Lipinski definition) is 1. The lowest BCUT2D eigenvalue weighted by Gasteiger charge is -2.31. The van der Waals surface area contributed by atoms with E-state index in [4.69, 9.17) is 16.3 Å². The molecule has 3 aromatic rings. The van der Waals surface area contributed by atoms with E-state index in [1.807, 2.05) is 75.4 Å². The van der Waals surface area contributed by atoms with Gasteiger partial charge in [-0.2, -0.15) is 0 Å². The zero-order chi connectivity index (χ0) is 25.4. The van der Waals surface area contributed by atoms with Crippen LogP contribution in [0.2, 0.25) is 5.02 Å². The van der Waals surface area contributed by atoms with Gasteiger partial charge in [0.15, 0.2) is 6.61 Å². The van der Waals surface area contributed by atoms with Crippen molar-refractivity contribution in [2.45, 2.75) is 39.8 Å². The minimum atomic E-state index is -0.697. The minimum Gasteiger partial charge on any atom is -0.484 e. The molecule has 0 saturated carbocycles. The maximum atomic E-state index is 13.6. The molecule has 3 rings (SSSR count). The lowest BCUT2D eigenvalue weighted by atomic mass is 10.0. The average Bonchev–Trinajstić information content (AvgIpc) is 2.85. The van der Waals surface area contributed by atoms with Crippen LogP contribution < -0.4 is 10.1 Å². The van der Waals surface area contributed by atoms with E-state index in [-0.39, 0.29) is 25.0 Å². The number of nitrogens with one attached hydrogen (secondary N) is 1. The summed E-state index contributed by atoms with van der Waals surface area (Å²) in [6, 6.07) is 20.1. The number of nitrogens with zero attached hydrogens (tertiary/aromatic N) is 1. The number of aryl methyl sites for hydroxylation is 2. The van der Waals surface area contributed by atoms with Crippen molar-refractivity contribution < 1.29 is 14.3 Å². The Kier molecular flexibility index (Phi) is 9.75. The molecule has 0 spiro atoms. The van der Waals surface area contributed by atoms with Crippen LogP contribution in [0.3, 0.4) is 0 Å². The molecule has 0 saturated heterocycles. The van der Waals surface area contributed by atoms with Gasteiger partial charge < -0.3 is 15.0 Å². The largest absolute Gasteiger partial charge is 0.484 e. The van der Waals surface area contributed by atoms with E-state index in [1.165, 1.54) is 0 Å². The van der Waals surface area contributed by atoms with Crippen molar-refractivity contribution in [1.29, 1.82) is 0 Å². The van der Waals surface area contributed by atoms with Gasteiger partial charge in [-0.1, -0.05) is 70.0 Å². The van der Waals surface area contributed by atoms with Gasteiger partial charge in [0.1, 0.15) is 11.8 Å². The summed E-state index contributed by atoms with van der Waals surface area (Å²) in [4.78, 5) is 28.3. The van der Waals surface area contributed by atoms with Crippen LogP contribution in [0.1, 0.15) is 29.2 Å². The van der Waals surface area contributed by atoms with Gasteiger partial charge in [-0.25, -0.2) is 0 Å². The fourth-order valence-electron chi connectivity index (χ4n) is 3.85. The third kappa shape index (κ3) is 7.58. The van der Waals surface area contributed by atoms with E-state index in [0.717, 1.165) is 26.7 Å². The highest BCUT2D eigenvalue weighted by Crippen LogP contribution is 2.26. The first kappa shape index (κ1) is 26.8. The van der Waals surface area contributed by atoms with Crippen molar-refractivity contribution in [3.05, 3.63) is 98.5 Å². The monoisotopic (exact) mass is 556 g/mol. The molecule has 2 amide bonds. The Labute approximate surface area is 220 Å². The Morgan fingerprint density at radius 1 is 1.00 bits per heavy atom. The number of hydrogen-bond acceptors (Lipinski definition) is 3. The quantitative estimate of drug-likeness (QED) is 0.339. The molecule has 3 aromatic carbocycles. The van der Waals surface area contributed by atoms with Gasteiger partial charge in [0, 0.05) is 29.0 Å². The van der Waals surface area contributed by atoms with Crippen LogP contribution in [0.15, 0.2) is 71.2 Å². The maximum Gasteiger partial charge on any atom is 0.261 e. The standard InChI is InChI=1S/C28H30BrClN2O3/c1-4-31-28(34)25(16-21-8-6-5-7-9-21)32(17-22-10-12-23(30)13-11-22)26(33)18-35-24-14-19(2)27(29)20(3)15-24/h5-15,25H,4,16-18H2,1-3H3,(H,31,34)/t25-/m0/s1. The van der Waals surface area contributed by atoms with Crippen molar-refractivity contribution in [2.75, 3.05) is 13.2 Å². The predicted octanol–water partition coefficient (Wildman–Crippen LogP) is 5.87. The number of carbonyl (C=O) groups is 2. The van der Waals surface area contributed by atoms with Gasteiger partial charge in [-0.3, -0.25) is 9.59 Å². The van der Waals surface area contributed by atoms with E-state index >= 15 is 0 Å². The molecule has 35 heavy (non-hydrogen) atoms. The Morgan fingerprint density at radius 3 is 2.23 bits per heavy atom. The normalized spacial score (nSPS) is 11.6. The van der Waals surface area contributed by atoms with Crippen molar-refractivity contribution in [1.82, 2.24) is 10.2 Å². The molecule has 0 aliphatic heterocycles. The number of amides is 2. The summed E-state index contributed by atoms with van der Waals surface area (Å²) in [6.07, 6.45) is 0.391. The lowest BCUT2D eigenvalue weighted by Crippen LogP contribution is -2.51. The maximum absolute atomic E-state index is 13.6. The number of benzene rings is 3. The smallest absolute Gasteiger partial charge is 0.261 e. The SMILES string of the molecule is CCNC(=O)[C@H](Cc1ccccc1)N(Cc1ccc(Cl)cc1)C(=O)COc1cc(C)c(Br)c(C)c1. The number of rotatable bonds is 10. The molecular formula is C28H30BrClN2O3. The first-order chi connectivity index (χ1) is 16.8. The number of halogens is 2. The van der Waals surface area contributed by atoms with Crippen molar-refractivity contribution in [3.63, 3.8) is 0 Å². The first-order valence-corrected chi connectivity index (χ1v) is 12.7. The summed E-state index contributed by atoms with van der Waals surface area (Å²) in [5.74, 6) is 0.139. The zero-order valence-electron chi connectivity index (χ0n) is 20.2. The summed E-state index contributed by atoms with van der Waals surface area (Å²) >= 11 is 9.61. The summed E-state index contributed by atoms with van der Waals surface area (Å²) in [5, 5.41) is 3.50. The Hall–Kier alpha value is -2.83. The Balaban J connectivity index is 1.89. The number of likely N-dealkylation sites (N-methyl/N-ethyl adjacent to an activating group) is 1. The molecular weight excluding hydrogens is 528 g/mol.